The largest absolute Gasteiger partial charge is 0.462 e. The van der Waals surface area contributed by atoms with E-state index < -0.39 is 11.9 Å². The third-order valence-corrected chi connectivity index (χ3v) is 5.98. The van der Waals surface area contributed by atoms with E-state index in [9.17, 15) is 14.4 Å². The Morgan fingerprint density at radius 3 is 2.68 bits per heavy atom. The fourth-order valence-corrected chi connectivity index (χ4v) is 4.30. The number of benzene rings is 1. The van der Waals surface area contributed by atoms with Gasteiger partial charge in [-0.3, -0.25) is 14.0 Å². The van der Waals surface area contributed by atoms with Crippen molar-refractivity contribution in [2.24, 2.45) is 10.9 Å². The van der Waals surface area contributed by atoms with E-state index in [1.54, 1.807) is 42.0 Å². The number of aryl methyl sites for hydroxylation is 1. The number of esters is 1. The van der Waals surface area contributed by atoms with Gasteiger partial charge in [0.1, 0.15) is 16.9 Å². The molecule has 190 valence electrons. The van der Waals surface area contributed by atoms with E-state index in [0.717, 1.165) is 5.56 Å². The molecule has 1 aromatic carbocycles. The molecule has 3 aromatic heterocycles. The van der Waals surface area contributed by atoms with Crippen molar-refractivity contribution in [1.82, 2.24) is 14.0 Å². The van der Waals surface area contributed by atoms with Gasteiger partial charge >= 0.3 is 5.97 Å². The van der Waals surface area contributed by atoms with Crippen molar-refractivity contribution in [1.29, 1.82) is 0 Å². The van der Waals surface area contributed by atoms with Crippen LogP contribution in [0.25, 0.3) is 16.7 Å². The Kier molecular flexibility index (Phi) is 6.24. The normalized spacial score (nSPS) is 13.1. The van der Waals surface area contributed by atoms with Crippen molar-refractivity contribution in [3.05, 3.63) is 75.1 Å². The van der Waals surface area contributed by atoms with Gasteiger partial charge in [-0.15, -0.1) is 0 Å². The Balaban J connectivity index is 1.85. The smallest absolute Gasteiger partial charge is 0.341 e. The number of aromatic nitrogens is 3. The van der Waals surface area contributed by atoms with E-state index in [4.69, 9.17) is 19.2 Å². The summed E-state index contributed by atoms with van der Waals surface area (Å²) in [6.45, 7) is 8.06. The van der Waals surface area contributed by atoms with Crippen LogP contribution < -0.4 is 20.5 Å². The first-order chi connectivity index (χ1) is 17.8. The number of carbonyl (C=O) groups excluding carboxylic acids is 2. The number of hydrogen-bond acceptors (Lipinski definition) is 7. The highest BCUT2D eigenvalue weighted by molar-refractivity contribution is 5.97. The maximum atomic E-state index is 13.5. The van der Waals surface area contributed by atoms with E-state index in [1.807, 2.05) is 26.8 Å². The molecule has 0 saturated heterocycles. The van der Waals surface area contributed by atoms with Crippen LogP contribution in [0.1, 0.15) is 47.1 Å². The van der Waals surface area contributed by atoms with Crippen molar-refractivity contribution < 1.29 is 23.8 Å². The van der Waals surface area contributed by atoms with Crippen molar-refractivity contribution in [2.45, 2.75) is 34.2 Å². The molecule has 0 spiro atoms. The molecule has 0 atom stereocenters. The van der Waals surface area contributed by atoms with Gasteiger partial charge in [0.2, 0.25) is 6.79 Å². The number of rotatable bonds is 5. The predicted octanol–water partition coefficient (Wildman–Crippen LogP) is 3.26. The second kappa shape index (κ2) is 9.53. The molecular weight excluding hydrogens is 476 g/mol. The molecule has 5 rings (SSSR count). The van der Waals surface area contributed by atoms with E-state index in [2.05, 4.69) is 4.99 Å². The Hall–Kier alpha value is -4.47. The van der Waals surface area contributed by atoms with E-state index in [-0.39, 0.29) is 46.9 Å². The van der Waals surface area contributed by atoms with E-state index in [0.29, 0.717) is 29.3 Å². The molecule has 10 heteroatoms. The molecule has 0 saturated carbocycles. The molecule has 0 fully saturated rings. The zero-order chi connectivity index (χ0) is 26.3. The molecule has 37 heavy (non-hydrogen) atoms. The average Bonchev–Trinajstić information content (AvgIpc) is 3.34. The summed E-state index contributed by atoms with van der Waals surface area (Å²) in [5.74, 6) is -0.215. The van der Waals surface area contributed by atoms with E-state index >= 15 is 0 Å². The summed E-state index contributed by atoms with van der Waals surface area (Å²) in [7, 11) is 0. The maximum Gasteiger partial charge on any atom is 0.341 e. The van der Waals surface area contributed by atoms with Gasteiger partial charge in [-0.2, -0.15) is 4.99 Å². The fourth-order valence-electron chi connectivity index (χ4n) is 4.30. The highest BCUT2D eigenvalue weighted by Gasteiger charge is 2.22. The molecule has 0 unspecified atom stereocenters. The maximum absolute atomic E-state index is 13.5. The van der Waals surface area contributed by atoms with Gasteiger partial charge < -0.3 is 18.8 Å². The lowest BCUT2D eigenvalue weighted by atomic mass is 10.1. The summed E-state index contributed by atoms with van der Waals surface area (Å²) >= 11 is 0. The third-order valence-electron chi connectivity index (χ3n) is 5.98. The van der Waals surface area contributed by atoms with Gasteiger partial charge in [0.05, 0.1) is 12.0 Å². The first-order valence-electron chi connectivity index (χ1n) is 12.0. The SMILES string of the molecule is CCOC(=O)c1cc2c(=O)n3cccc(C)c3nc2n(CC(C)C)c1=NC(=O)c1ccc2c(c1)OCO2. The summed E-state index contributed by atoms with van der Waals surface area (Å²) in [5, 5.41) is 0.223. The molecule has 4 heterocycles. The quantitative estimate of drug-likeness (QED) is 0.304. The zero-order valence-corrected chi connectivity index (χ0v) is 21.0. The number of carbonyl (C=O) groups is 2. The molecule has 1 amide bonds. The second-order valence-electron chi connectivity index (χ2n) is 9.13. The van der Waals surface area contributed by atoms with Crippen LogP contribution in [-0.2, 0) is 11.3 Å². The van der Waals surface area contributed by atoms with Crippen molar-refractivity contribution in [3.63, 3.8) is 0 Å². The Morgan fingerprint density at radius 2 is 1.92 bits per heavy atom. The highest BCUT2D eigenvalue weighted by atomic mass is 16.7. The molecule has 0 bridgehead atoms. The summed E-state index contributed by atoms with van der Waals surface area (Å²) in [4.78, 5) is 49.1. The highest BCUT2D eigenvalue weighted by Crippen LogP contribution is 2.32. The number of hydrogen-bond donors (Lipinski definition) is 0. The van der Waals surface area contributed by atoms with Crippen LogP contribution in [0.5, 0.6) is 11.5 Å². The molecule has 1 aliphatic rings. The van der Waals surface area contributed by atoms with Crippen LogP contribution in [0.3, 0.4) is 0 Å². The van der Waals surface area contributed by atoms with Gasteiger partial charge in [-0.1, -0.05) is 19.9 Å². The lowest BCUT2D eigenvalue weighted by Crippen LogP contribution is -2.34. The minimum atomic E-state index is -0.687. The van der Waals surface area contributed by atoms with Crippen LogP contribution in [0.2, 0.25) is 0 Å². The van der Waals surface area contributed by atoms with E-state index in [1.165, 1.54) is 10.5 Å². The molecule has 4 aromatic rings. The Bertz CT molecular complexity index is 1700. The topological polar surface area (TPSA) is 113 Å². The zero-order valence-electron chi connectivity index (χ0n) is 21.0. The summed E-state index contributed by atoms with van der Waals surface area (Å²) in [6.07, 6.45) is 1.63. The fraction of sp³-hybridized carbons (Fsp3) is 0.296. The van der Waals surface area contributed by atoms with Crippen LogP contribution >= 0.6 is 0 Å². The molecule has 0 N–H and O–H groups in total. The minimum absolute atomic E-state index is 0.00981. The molecule has 1 aliphatic heterocycles. The first kappa shape index (κ1) is 24.2. The lowest BCUT2D eigenvalue weighted by Gasteiger charge is -2.17. The molecule has 0 radical (unpaired) electrons. The van der Waals surface area contributed by atoms with Gasteiger partial charge in [-0.05, 0) is 55.7 Å². The minimum Gasteiger partial charge on any atom is -0.462 e. The molecule has 10 nitrogen and oxygen atoms in total. The number of ether oxygens (including phenoxy) is 3. The standard InChI is InChI=1S/C27H26N4O6/c1-5-35-27(34)19-12-18-23(28-22-16(4)7-6-10-30(22)26(18)33)31(13-15(2)3)24(19)29-25(32)17-8-9-20-21(11-17)37-14-36-20/h6-12,15H,5,13-14H2,1-4H3. The molecule has 0 aliphatic carbocycles. The summed E-state index contributed by atoms with van der Waals surface area (Å²) < 4.78 is 19.1. The Morgan fingerprint density at radius 1 is 1.14 bits per heavy atom. The van der Waals surface area contributed by atoms with Crippen LogP contribution in [-0.4, -0.2) is 39.2 Å². The number of fused-ring (bicyclic) bond motifs is 3. The first-order valence-corrected chi connectivity index (χ1v) is 12.0. The summed E-state index contributed by atoms with van der Waals surface area (Å²) in [5.41, 5.74) is 1.63. The number of amides is 1. The molecular formula is C27H26N4O6. The van der Waals surface area contributed by atoms with Crippen LogP contribution in [0, 0.1) is 12.8 Å². The monoisotopic (exact) mass is 502 g/mol. The number of nitrogens with zero attached hydrogens (tertiary/aromatic N) is 4. The predicted molar refractivity (Wildman–Crippen MR) is 135 cm³/mol. The average molecular weight is 503 g/mol. The van der Waals surface area contributed by atoms with Crippen molar-refractivity contribution in [3.8, 4) is 11.5 Å². The van der Waals surface area contributed by atoms with Gasteiger partial charge in [0, 0.05) is 18.3 Å². The van der Waals surface area contributed by atoms with Gasteiger partial charge in [0.15, 0.2) is 17.0 Å². The van der Waals surface area contributed by atoms with Crippen molar-refractivity contribution in [2.75, 3.05) is 13.4 Å². The summed E-state index contributed by atoms with van der Waals surface area (Å²) in [6, 6.07) is 9.81. The van der Waals surface area contributed by atoms with Gasteiger partial charge in [0.25, 0.3) is 11.5 Å². The van der Waals surface area contributed by atoms with Crippen LogP contribution in [0.15, 0.2) is 52.4 Å². The second-order valence-corrected chi connectivity index (χ2v) is 9.13. The third kappa shape index (κ3) is 4.35. The van der Waals surface area contributed by atoms with Crippen LogP contribution in [0.4, 0.5) is 0 Å². The Labute approximate surface area is 211 Å². The lowest BCUT2D eigenvalue weighted by molar-refractivity contribution is 0.0523. The van der Waals surface area contributed by atoms with Gasteiger partial charge in [-0.25, -0.2) is 9.78 Å². The van der Waals surface area contributed by atoms with Crippen molar-refractivity contribution >= 4 is 28.6 Å². The number of pyridine rings is 2.